The lowest BCUT2D eigenvalue weighted by molar-refractivity contribution is -0.163. The molecule has 2 fully saturated rings. The summed E-state index contributed by atoms with van der Waals surface area (Å²) in [6, 6.07) is 7.96. The first-order valence-corrected chi connectivity index (χ1v) is 9.36. The number of likely N-dealkylation sites (tertiary alicyclic amines) is 1. The van der Waals surface area contributed by atoms with Crippen LogP contribution in [0.15, 0.2) is 24.3 Å². The van der Waals surface area contributed by atoms with Crippen LogP contribution in [0, 0.1) is 5.92 Å². The number of aliphatic hydroxyl groups is 1. The van der Waals surface area contributed by atoms with Crippen molar-refractivity contribution < 1.29 is 19.4 Å². The Labute approximate surface area is 153 Å². The van der Waals surface area contributed by atoms with Crippen molar-refractivity contribution in [2.75, 3.05) is 27.2 Å². The molecule has 1 atom stereocenters. The maximum Gasteiger partial charge on any atom is 0.255 e. The molecule has 1 spiro atoms. The molecule has 26 heavy (non-hydrogen) atoms. The van der Waals surface area contributed by atoms with Gasteiger partial charge in [0.25, 0.3) is 5.91 Å². The summed E-state index contributed by atoms with van der Waals surface area (Å²) in [5.74, 6) is 0.0764. The van der Waals surface area contributed by atoms with Gasteiger partial charge in [0.05, 0.1) is 11.7 Å². The van der Waals surface area contributed by atoms with Crippen LogP contribution in [0.1, 0.15) is 42.9 Å². The van der Waals surface area contributed by atoms with Gasteiger partial charge in [-0.05, 0) is 36.8 Å². The minimum Gasteiger partial charge on any atom is -0.393 e. The third-order valence-electron chi connectivity index (χ3n) is 6.09. The lowest BCUT2D eigenvalue weighted by Gasteiger charge is -2.42. The van der Waals surface area contributed by atoms with Crippen LogP contribution >= 0.6 is 0 Å². The standard InChI is InChI=1S/C20H26N2O4/c1-21(2)19(25)17-15-5-3-4-6-16(15)20(26-17)7-9-22(10-8-20)18(24)13-11-14(23)12-13/h3-6,13-14,17,23H,7-12H2,1-2H3/t13?,14?,17-/m0/s1. The molecule has 1 N–H and O–H groups in total. The van der Waals surface area contributed by atoms with Gasteiger partial charge in [0.1, 0.15) is 0 Å². The van der Waals surface area contributed by atoms with Crippen LogP contribution < -0.4 is 0 Å². The van der Waals surface area contributed by atoms with E-state index in [4.69, 9.17) is 4.74 Å². The number of carbonyl (C=O) groups excluding carboxylic acids is 2. The molecule has 2 aliphatic heterocycles. The maximum absolute atomic E-state index is 12.6. The third-order valence-corrected chi connectivity index (χ3v) is 6.09. The van der Waals surface area contributed by atoms with Crippen LogP contribution in [-0.4, -0.2) is 60.0 Å². The molecule has 0 aromatic heterocycles. The number of carbonyl (C=O) groups is 2. The Morgan fingerprint density at radius 1 is 1.19 bits per heavy atom. The fourth-order valence-corrected chi connectivity index (χ4v) is 4.43. The number of aliphatic hydroxyl groups excluding tert-OH is 1. The van der Waals surface area contributed by atoms with E-state index in [0.717, 1.165) is 11.1 Å². The average Bonchev–Trinajstić information content (AvgIpc) is 2.93. The molecule has 0 bridgehead atoms. The Morgan fingerprint density at radius 2 is 1.85 bits per heavy atom. The van der Waals surface area contributed by atoms with Crippen molar-refractivity contribution in [2.45, 2.75) is 43.5 Å². The highest BCUT2D eigenvalue weighted by molar-refractivity contribution is 5.83. The number of hydrogen-bond donors (Lipinski definition) is 1. The van der Waals surface area contributed by atoms with Gasteiger partial charge in [0, 0.05) is 33.1 Å². The molecule has 140 valence electrons. The van der Waals surface area contributed by atoms with Gasteiger partial charge in [-0.15, -0.1) is 0 Å². The number of piperidine rings is 1. The Hall–Kier alpha value is -1.92. The number of rotatable bonds is 2. The van der Waals surface area contributed by atoms with Gasteiger partial charge >= 0.3 is 0 Å². The van der Waals surface area contributed by atoms with E-state index in [1.54, 1.807) is 19.0 Å². The average molecular weight is 358 g/mol. The molecule has 6 nitrogen and oxygen atoms in total. The normalized spacial score (nSPS) is 29.2. The number of benzene rings is 1. The van der Waals surface area contributed by atoms with Gasteiger partial charge in [0.2, 0.25) is 5.91 Å². The molecule has 3 aliphatic rings. The molecular formula is C20H26N2O4. The Balaban J connectivity index is 1.51. The van der Waals surface area contributed by atoms with Crippen LogP contribution in [0.2, 0.25) is 0 Å². The summed E-state index contributed by atoms with van der Waals surface area (Å²) in [6.07, 6.45) is 1.68. The molecule has 1 aromatic rings. The lowest BCUT2D eigenvalue weighted by Crippen LogP contribution is -2.50. The molecule has 1 saturated heterocycles. The summed E-state index contributed by atoms with van der Waals surface area (Å²) < 4.78 is 6.36. The first-order valence-electron chi connectivity index (χ1n) is 9.36. The number of amides is 2. The van der Waals surface area contributed by atoms with Crippen molar-refractivity contribution in [3.8, 4) is 0 Å². The van der Waals surface area contributed by atoms with E-state index in [-0.39, 0.29) is 23.8 Å². The van der Waals surface area contributed by atoms with E-state index in [2.05, 4.69) is 6.07 Å². The highest BCUT2D eigenvalue weighted by Crippen LogP contribution is 2.50. The molecular weight excluding hydrogens is 332 g/mol. The summed E-state index contributed by atoms with van der Waals surface area (Å²) >= 11 is 0. The van der Waals surface area contributed by atoms with E-state index in [9.17, 15) is 14.7 Å². The first-order chi connectivity index (χ1) is 12.4. The Bertz CT molecular complexity index is 718. The van der Waals surface area contributed by atoms with Crippen molar-refractivity contribution in [1.82, 2.24) is 9.80 Å². The van der Waals surface area contributed by atoms with Crippen molar-refractivity contribution >= 4 is 11.8 Å². The lowest BCUT2D eigenvalue weighted by atomic mass is 9.79. The second-order valence-corrected chi connectivity index (χ2v) is 7.96. The predicted molar refractivity (Wildman–Crippen MR) is 95.2 cm³/mol. The monoisotopic (exact) mass is 358 g/mol. The summed E-state index contributed by atoms with van der Waals surface area (Å²) in [5.41, 5.74) is 1.56. The van der Waals surface area contributed by atoms with Crippen LogP contribution in [0.5, 0.6) is 0 Å². The van der Waals surface area contributed by atoms with E-state index in [0.29, 0.717) is 38.8 Å². The second-order valence-electron chi connectivity index (χ2n) is 7.96. The molecule has 1 aromatic carbocycles. The van der Waals surface area contributed by atoms with E-state index in [1.165, 1.54) is 0 Å². The number of fused-ring (bicyclic) bond motifs is 2. The van der Waals surface area contributed by atoms with Crippen LogP contribution in [0.3, 0.4) is 0 Å². The molecule has 0 unspecified atom stereocenters. The van der Waals surface area contributed by atoms with E-state index < -0.39 is 11.7 Å². The van der Waals surface area contributed by atoms with E-state index in [1.807, 2.05) is 23.1 Å². The summed E-state index contributed by atoms with van der Waals surface area (Å²) in [4.78, 5) is 28.6. The second kappa shape index (κ2) is 6.35. The van der Waals surface area contributed by atoms with Gasteiger partial charge in [0.15, 0.2) is 6.10 Å². The molecule has 0 radical (unpaired) electrons. The molecule has 6 heteroatoms. The zero-order valence-corrected chi connectivity index (χ0v) is 15.4. The summed E-state index contributed by atoms with van der Waals surface area (Å²) in [7, 11) is 3.49. The zero-order valence-electron chi connectivity index (χ0n) is 15.4. The minimum absolute atomic E-state index is 0.0288. The van der Waals surface area contributed by atoms with Crippen molar-refractivity contribution in [3.63, 3.8) is 0 Å². The van der Waals surface area contributed by atoms with Crippen LogP contribution in [0.4, 0.5) is 0 Å². The highest BCUT2D eigenvalue weighted by Gasteiger charge is 2.50. The largest absolute Gasteiger partial charge is 0.393 e. The molecule has 1 saturated carbocycles. The van der Waals surface area contributed by atoms with Gasteiger partial charge in [-0.25, -0.2) is 0 Å². The third kappa shape index (κ3) is 2.72. The van der Waals surface area contributed by atoms with Crippen molar-refractivity contribution in [2.24, 2.45) is 5.92 Å². The van der Waals surface area contributed by atoms with Crippen LogP contribution in [0.25, 0.3) is 0 Å². The van der Waals surface area contributed by atoms with Gasteiger partial charge in [-0.2, -0.15) is 0 Å². The number of likely N-dealkylation sites (N-methyl/N-ethyl adjacent to an activating group) is 1. The molecule has 4 rings (SSSR count). The van der Waals surface area contributed by atoms with E-state index >= 15 is 0 Å². The quantitative estimate of drug-likeness (QED) is 0.868. The van der Waals surface area contributed by atoms with Crippen molar-refractivity contribution in [3.05, 3.63) is 35.4 Å². The summed E-state index contributed by atoms with van der Waals surface area (Å²) in [6.45, 7) is 1.26. The SMILES string of the molecule is CN(C)C(=O)[C@H]1OC2(CCN(C(=O)C3CC(O)C3)CC2)c2ccccc21. The highest BCUT2D eigenvalue weighted by atomic mass is 16.5. The number of nitrogens with zero attached hydrogens (tertiary/aromatic N) is 2. The minimum atomic E-state index is -0.565. The topological polar surface area (TPSA) is 70.1 Å². The van der Waals surface area contributed by atoms with Gasteiger partial charge in [-0.3, -0.25) is 9.59 Å². The van der Waals surface area contributed by atoms with Crippen molar-refractivity contribution in [1.29, 1.82) is 0 Å². The number of hydrogen-bond acceptors (Lipinski definition) is 4. The Kier molecular flexibility index (Phi) is 4.28. The fourth-order valence-electron chi connectivity index (χ4n) is 4.43. The smallest absolute Gasteiger partial charge is 0.255 e. The maximum atomic E-state index is 12.6. The van der Waals surface area contributed by atoms with Gasteiger partial charge in [-0.1, -0.05) is 24.3 Å². The summed E-state index contributed by atoms with van der Waals surface area (Å²) in [5, 5.41) is 9.44. The van der Waals surface area contributed by atoms with Gasteiger partial charge < -0.3 is 19.6 Å². The first kappa shape index (κ1) is 17.5. The molecule has 2 amide bonds. The zero-order chi connectivity index (χ0) is 18.5. The van der Waals surface area contributed by atoms with Crippen LogP contribution in [-0.2, 0) is 19.9 Å². The molecule has 2 heterocycles. The fraction of sp³-hybridized carbons (Fsp3) is 0.600. The number of ether oxygens (including phenoxy) is 1. The molecule has 1 aliphatic carbocycles. The Morgan fingerprint density at radius 3 is 2.46 bits per heavy atom. The predicted octanol–water partition coefficient (Wildman–Crippen LogP) is 1.43.